The van der Waals surface area contributed by atoms with Crippen LogP contribution in [0, 0.1) is 0 Å². The minimum Gasteiger partial charge on any atom is -0.384 e. The van der Waals surface area contributed by atoms with Gasteiger partial charge in [-0.3, -0.25) is 4.79 Å². The van der Waals surface area contributed by atoms with E-state index in [4.69, 9.17) is 4.74 Å². The lowest BCUT2D eigenvalue weighted by Crippen LogP contribution is -2.26. The molecule has 94 valence electrons. The van der Waals surface area contributed by atoms with E-state index >= 15 is 0 Å². The Morgan fingerprint density at radius 1 is 1.29 bits per heavy atom. The lowest BCUT2D eigenvalue weighted by molar-refractivity contribution is -0.118. The molecule has 0 atom stereocenters. The maximum Gasteiger partial charge on any atom is 0.216 e. The van der Waals surface area contributed by atoms with Crippen LogP contribution >= 0.6 is 0 Å². The number of ether oxygens (including phenoxy) is 1. The molecule has 0 aliphatic rings. The predicted molar refractivity (Wildman–Crippen MR) is 69.2 cm³/mol. The summed E-state index contributed by atoms with van der Waals surface area (Å²) < 4.78 is 5.07. The highest BCUT2D eigenvalue weighted by molar-refractivity contribution is 5.72. The van der Waals surface area contributed by atoms with Crippen molar-refractivity contribution in [2.24, 2.45) is 0 Å². The Bertz CT molecular complexity index is 353. The molecule has 4 heteroatoms. The van der Waals surface area contributed by atoms with Gasteiger partial charge in [-0.25, -0.2) is 0 Å². The molecule has 0 aliphatic heterocycles. The molecule has 1 aromatic carbocycles. The van der Waals surface area contributed by atoms with Crippen LogP contribution in [0.1, 0.15) is 12.5 Å². The van der Waals surface area contributed by atoms with Crippen LogP contribution in [-0.4, -0.2) is 32.7 Å². The van der Waals surface area contributed by atoms with E-state index in [0.717, 1.165) is 18.7 Å². The van der Waals surface area contributed by atoms with Gasteiger partial charge in [0.25, 0.3) is 0 Å². The average molecular weight is 236 g/mol. The van der Waals surface area contributed by atoms with Crippen LogP contribution in [0.15, 0.2) is 24.3 Å². The third kappa shape index (κ3) is 5.36. The van der Waals surface area contributed by atoms with Gasteiger partial charge in [0.1, 0.15) is 0 Å². The number of amides is 1. The maximum absolute atomic E-state index is 10.7. The smallest absolute Gasteiger partial charge is 0.216 e. The SMILES string of the molecule is COCCc1ccccc1NCCNC(C)=O. The first-order valence-corrected chi connectivity index (χ1v) is 5.79. The Labute approximate surface area is 102 Å². The second-order valence-corrected chi connectivity index (χ2v) is 3.81. The van der Waals surface area contributed by atoms with Gasteiger partial charge in [-0.1, -0.05) is 18.2 Å². The molecular weight excluding hydrogens is 216 g/mol. The minimum absolute atomic E-state index is 0.000492. The second kappa shape index (κ2) is 7.68. The van der Waals surface area contributed by atoms with Gasteiger partial charge in [-0.05, 0) is 18.1 Å². The predicted octanol–water partition coefficient (Wildman–Crippen LogP) is 1.42. The van der Waals surface area contributed by atoms with Gasteiger partial charge >= 0.3 is 0 Å². The van der Waals surface area contributed by atoms with Gasteiger partial charge < -0.3 is 15.4 Å². The maximum atomic E-state index is 10.7. The third-order valence-corrected chi connectivity index (χ3v) is 2.41. The van der Waals surface area contributed by atoms with Gasteiger partial charge in [-0.15, -0.1) is 0 Å². The molecule has 0 heterocycles. The summed E-state index contributed by atoms with van der Waals surface area (Å²) in [5.41, 5.74) is 2.34. The van der Waals surface area contributed by atoms with Crippen LogP contribution in [0.5, 0.6) is 0 Å². The quantitative estimate of drug-likeness (QED) is 0.704. The number of carbonyl (C=O) groups excluding carboxylic acids is 1. The van der Waals surface area contributed by atoms with Crippen molar-refractivity contribution in [2.75, 3.05) is 32.1 Å². The fourth-order valence-electron chi connectivity index (χ4n) is 1.56. The van der Waals surface area contributed by atoms with Crippen LogP contribution in [0.25, 0.3) is 0 Å². The van der Waals surface area contributed by atoms with Crippen molar-refractivity contribution in [3.05, 3.63) is 29.8 Å². The first-order valence-electron chi connectivity index (χ1n) is 5.79. The summed E-state index contributed by atoms with van der Waals surface area (Å²) in [6, 6.07) is 8.14. The number of benzene rings is 1. The summed E-state index contributed by atoms with van der Waals surface area (Å²) in [4.78, 5) is 10.7. The van der Waals surface area contributed by atoms with E-state index < -0.39 is 0 Å². The van der Waals surface area contributed by atoms with Gasteiger partial charge in [0, 0.05) is 32.8 Å². The topological polar surface area (TPSA) is 50.4 Å². The molecular formula is C13H20N2O2. The Hall–Kier alpha value is -1.55. The number of nitrogens with one attached hydrogen (secondary N) is 2. The molecule has 1 aromatic rings. The Kier molecular flexibility index (Phi) is 6.10. The minimum atomic E-state index is -0.000492. The van der Waals surface area contributed by atoms with Crippen LogP contribution in [0.4, 0.5) is 5.69 Å². The lowest BCUT2D eigenvalue weighted by atomic mass is 10.1. The fraction of sp³-hybridized carbons (Fsp3) is 0.462. The monoisotopic (exact) mass is 236 g/mol. The Morgan fingerprint density at radius 2 is 2.06 bits per heavy atom. The molecule has 0 unspecified atom stereocenters. The Balaban J connectivity index is 2.43. The third-order valence-electron chi connectivity index (χ3n) is 2.41. The number of rotatable bonds is 7. The molecule has 0 fully saturated rings. The summed E-state index contributed by atoms with van der Waals surface area (Å²) in [6.45, 7) is 3.59. The summed E-state index contributed by atoms with van der Waals surface area (Å²) in [5, 5.41) is 6.06. The summed E-state index contributed by atoms with van der Waals surface area (Å²) in [6.07, 6.45) is 0.889. The molecule has 17 heavy (non-hydrogen) atoms. The van der Waals surface area contributed by atoms with Crippen LogP contribution in [0.2, 0.25) is 0 Å². The molecule has 2 N–H and O–H groups in total. The fourth-order valence-corrected chi connectivity index (χ4v) is 1.56. The van der Waals surface area contributed by atoms with Crippen molar-refractivity contribution in [2.45, 2.75) is 13.3 Å². The van der Waals surface area contributed by atoms with Gasteiger partial charge in [0.2, 0.25) is 5.91 Å². The van der Waals surface area contributed by atoms with Crippen molar-refractivity contribution in [3.8, 4) is 0 Å². The zero-order valence-corrected chi connectivity index (χ0v) is 10.5. The van der Waals surface area contributed by atoms with Crippen molar-refractivity contribution in [1.82, 2.24) is 5.32 Å². The van der Waals surface area contributed by atoms with E-state index in [0.29, 0.717) is 13.2 Å². The summed E-state index contributed by atoms with van der Waals surface area (Å²) in [7, 11) is 1.70. The van der Waals surface area contributed by atoms with E-state index in [1.807, 2.05) is 18.2 Å². The van der Waals surface area contributed by atoms with E-state index in [1.54, 1.807) is 7.11 Å². The molecule has 0 aliphatic carbocycles. The average Bonchev–Trinajstić information content (AvgIpc) is 2.33. The van der Waals surface area contributed by atoms with Gasteiger partial charge in [0.15, 0.2) is 0 Å². The zero-order chi connectivity index (χ0) is 12.5. The molecule has 0 bridgehead atoms. The molecule has 0 spiro atoms. The second-order valence-electron chi connectivity index (χ2n) is 3.81. The molecule has 0 radical (unpaired) electrons. The first-order chi connectivity index (χ1) is 8.24. The summed E-state index contributed by atoms with van der Waals surface area (Å²) >= 11 is 0. The van der Waals surface area contributed by atoms with E-state index in [-0.39, 0.29) is 5.91 Å². The van der Waals surface area contributed by atoms with Crippen molar-refractivity contribution < 1.29 is 9.53 Å². The van der Waals surface area contributed by atoms with E-state index in [9.17, 15) is 4.79 Å². The Morgan fingerprint density at radius 3 is 2.76 bits per heavy atom. The zero-order valence-electron chi connectivity index (χ0n) is 10.5. The molecule has 1 rings (SSSR count). The molecule has 0 saturated carbocycles. The van der Waals surface area contributed by atoms with Crippen LogP contribution < -0.4 is 10.6 Å². The number of methoxy groups -OCH3 is 1. The lowest BCUT2D eigenvalue weighted by Gasteiger charge is -2.11. The van der Waals surface area contributed by atoms with Crippen molar-refractivity contribution >= 4 is 11.6 Å². The largest absolute Gasteiger partial charge is 0.384 e. The highest BCUT2D eigenvalue weighted by atomic mass is 16.5. The van der Waals surface area contributed by atoms with Gasteiger partial charge in [-0.2, -0.15) is 0 Å². The van der Waals surface area contributed by atoms with Crippen LogP contribution in [0.3, 0.4) is 0 Å². The summed E-state index contributed by atoms with van der Waals surface area (Å²) in [5.74, 6) is -0.000492. The number of hydrogen-bond acceptors (Lipinski definition) is 3. The highest BCUT2D eigenvalue weighted by Gasteiger charge is 2.00. The number of carbonyl (C=O) groups is 1. The molecule has 1 amide bonds. The number of hydrogen-bond donors (Lipinski definition) is 2. The highest BCUT2D eigenvalue weighted by Crippen LogP contribution is 2.15. The van der Waals surface area contributed by atoms with Crippen LogP contribution in [-0.2, 0) is 16.0 Å². The number of anilines is 1. The van der Waals surface area contributed by atoms with E-state index in [1.165, 1.54) is 12.5 Å². The normalized spacial score (nSPS) is 10.0. The van der Waals surface area contributed by atoms with Crippen molar-refractivity contribution in [1.29, 1.82) is 0 Å². The standard InChI is InChI=1S/C13H20N2O2/c1-11(16)14-8-9-15-13-6-4-3-5-12(13)7-10-17-2/h3-6,15H,7-10H2,1-2H3,(H,14,16). The molecule has 0 saturated heterocycles. The molecule has 0 aromatic heterocycles. The van der Waals surface area contributed by atoms with E-state index in [2.05, 4.69) is 16.7 Å². The van der Waals surface area contributed by atoms with Gasteiger partial charge in [0.05, 0.1) is 6.61 Å². The van der Waals surface area contributed by atoms with Crippen molar-refractivity contribution in [3.63, 3.8) is 0 Å². The first kappa shape index (κ1) is 13.5. The molecule has 4 nitrogen and oxygen atoms in total. The number of para-hydroxylation sites is 1.